The molecule has 2 N–H and O–H groups in total. The third-order valence-corrected chi connectivity index (χ3v) is 3.78. The fourth-order valence-corrected chi connectivity index (χ4v) is 2.13. The lowest BCUT2D eigenvalue weighted by molar-refractivity contribution is 0.287. The Kier molecular flexibility index (Phi) is 11.4. The topological polar surface area (TPSA) is 86.8 Å². The van der Waals surface area contributed by atoms with E-state index in [4.69, 9.17) is 10.5 Å². The number of hydrogen-bond acceptors (Lipinski definition) is 7. The molecule has 0 aliphatic heterocycles. The first-order valence-corrected chi connectivity index (χ1v) is 9.87. The summed E-state index contributed by atoms with van der Waals surface area (Å²) in [7, 11) is 0. The molecule has 6 nitrogen and oxygen atoms in total. The first-order chi connectivity index (χ1) is 13.1. The summed E-state index contributed by atoms with van der Waals surface area (Å²) in [5, 5.41) is 0. The van der Waals surface area contributed by atoms with Crippen molar-refractivity contribution in [3.63, 3.8) is 0 Å². The van der Waals surface area contributed by atoms with Crippen LogP contribution in [0.25, 0.3) is 0 Å². The number of ether oxygens (including phenoxy) is 1. The predicted molar refractivity (Wildman–Crippen MR) is 112 cm³/mol. The Morgan fingerprint density at radius 2 is 1.78 bits per heavy atom. The number of aryl methyl sites for hydroxylation is 2. The molecule has 0 aromatic carbocycles. The Hall–Kier alpha value is -2.54. The molecule has 0 saturated heterocycles. The zero-order valence-corrected chi connectivity index (χ0v) is 17.3. The number of nitrogen functional groups attached to an aromatic ring is 1. The van der Waals surface area contributed by atoms with E-state index in [9.17, 15) is 0 Å². The van der Waals surface area contributed by atoms with Gasteiger partial charge in [0.2, 0.25) is 5.88 Å². The molecule has 3 aromatic heterocycles. The van der Waals surface area contributed by atoms with Crippen LogP contribution in [0.1, 0.15) is 37.4 Å². The third kappa shape index (κ3) is 11.6. The van der Waals surface area contributed by atoms with E-state index < -0.39 is 0 Å². The number of anilines is 1. The Bertz CT molecular complexity index is 672. The van der Waals surface area contributed by atoms with Crippen molar-refractivity contribution in [3.05, 3.63) is 59.6 Å². The highest BCUT2D eigenvalue weighted by Crippen LogP contribution is 2.29. The second-order valence-corrected chi connectivity index (χ2v) is 6.62. The second kappa shape index (κ2) is 13.6. The second-order valence-electron chi connectivity index (χ2n) is 5.58. The van der Waals surface area contributed by atoms with Crippen LogP contribution in [0.5, 0.6) is 5.88 Å². The highest BCUT2D eigenvalue weighted by Gasteiger charge is 2.22. The molecule has 1 aliphatic rings. The maximum Gasteiger partial charge on any atom is 0.218 e. The number of rotatable bonds is 3. The van der Waals surface area contributed by atoms with E-state index in [1.165, 1.54) is 29.3 Å². The Morgan fingerprint density at radius 1 is 1.07 bits per heavy atom. The van der Waals surface area contributed by atoms with Crippen molar-refractivity contribution >= 4 is 17.4 Å². The van der Waals surface area contributed by atoms with E-state index in [1.807, 2.05) is 45.0 Å². The van der Waals surface area contributed by atoms with Crippen LogP contribution in [0, 0.1) is 19.8 Å². The van der Waals surface area contributed by atoms with Gasteiger partial charge in [0, 0.05) is 29.5 Å². The van der Waals surface area contributed by atoms with Gasteiger partial charge in [-0.15, -0.1) is 0 Å². The monoisotopic (exact) mass is 387 g/mol. The van der Waals surface area contributed by atoms with Gasteiger partial charge in [0.25, 0.3) is 0 Å². The molecule has 0 unspecified atom stereocenters. The minimum atomic E-state index is 0.471. The van der Waals surface area contributed by atoms with Crippen LogP contribution in [-0.4, -0.2) is 25.9 Å². The molecule has 146 valence electrons. The fourth-order valence-electron chi connectivity index (χ4n) is 1.72. The molecule has 7 heteroatoms. The van der Waals surface area contributed by atoms with Crippen LogP contribution in [-0.2, 0) is 0 Å². The van der Waals surface area contributed by atoms with Crippen molar-refractivity contribution in [1.29, 1.82) is 0 Å². The van der Waals surface area contributed by atoms with Gasteiger partial charge in [-0.3, -0.25) is 4.98 Å². The lowest BCUT2D eigenvalue weighted by Crippen LogP contribution is -2.03. The van der Waals surface area contributed by atoms with Gasteiger partial charge in [-0.05, 0) is 62.3 Å². The summed E-state index contributed by atoms with van der Waals surface area (Å²) in [6, 6.07) is 9.37. The van der Waals surface area contributed by atoms with Gasteiger partial charge in [0.1, 0.15) is 11.6 Å². The summed E-state index contributed by atoms with van der Waals surface area (Å²) in [6.07, 6.45) is 7.86. The highest BCUT2D eigenvalue weighted by molar-refractivity contribution is 7.05. The molecule has 0 bridgehead atoms. The lowest BCUT2D eigenvalue weighted by Gasteiger charge is -2.04. The largest absolute Gasteiger partial charge is 0.477 e. The van der Waals surface area contributed by atoms with Gasteiger partial charge in [-0.25, -0.2) is 9.36 Å². The molecular weight excluding hydrogens is 358 g/mol. The van der Waals surface area contributed by atoms with Crippen molar-refractivity contribution in [2.45, 2.75) is 40.5 Å². The molecule has 0 radical (unpaired) electrons. The van der Waals surface area contributed by atoms with Gasteiger partial charge < -0.3 is 10.5 Å². The number of aromatic nitrogens is 4. The smallest absolute Gasteiger partial charge is 0.218 e. The van der Waals surface area contributed by atoms with E-state index in [2.05, 4.69) is 19.3 Å². The molecule has 27 heavy (non-hydrogen) atoms. The van der Waals surface area contributed by atoms with Gasteiger partial charge in [-0.2, -0.15) is 4.98 Å². The minimum Gasteiger partial charge on any atom is -0.477 e. The predicted octanol–water partition coefficient (Wildman–Crippen LogP) is 4.72. The molecule has 0 atom stereocenters. The van der Waals surface area contributed by atoms with Crippen LogP contribution in [0.2, 0.25) is 0 Å². The van der Waals surface area contributed by atoms with Crippen LogP contribution < -0.4 is 10.5 Å². The van der Waals surface area contributed by atoms with Gasteiger partial charge >= 0.3 is 0 Å². The fraction of sp³-hybridized carbons (Fsp3) is 0.400. The molecule has 0 spiro atoms. The van der Waals surface area contributed by atoms with Gasteiger partial charge in [0.15, 0.2) is 0 Å². The summed E-state index contributed by atoms with van der Waals surface area (Å²) >= 11 is 1.53. The molecule has 1 saturated carbocycles. The molecule has 1 fully saturated rings. The van der Waals surface area contributed by atoms with Crippen molar-refractivity contribution in [3.8, 4) is 5.88 Å². The maximum atomic E-state index is 5.55. The van der Waals surface area contributed by atoms with E-state index in [0.717, 1.165) is 12.5 Å². The molecule has 0 amide bonds. The normalized spacial score (nSPS) is 11.6. The first kappa shape index (κ1) is 22.5. The molecule has 3 heterocycles. The average Bonchev–Trinajstić information content (AvgIpc) is 3.41. The van der Waals surface area contributed by atoms with Crippen LogP contribution in [0.15, 0.2) is 48.9 Å². The van der Waals surface area contributed by atoms with Crippen LogP contribution in [0.3, 0.4) is 0 Å². The number of hydrogen-bond donors (Lipinski definition) is 1. The zero-order valence-electron chi connectivity index (χ0n) is 16.5. The van der Waals surface area contributed by atoms with E-state index in [-0.39, 0.29) is 0 Å². The van der Waals surface area contributed by atoms with Crippen LogP contribution >= 0.6 is 11.5 Å². The van der Waals surface area contributed by atoms with E-state index in [1.54, 1.807) is 31.6 Å². The molecule has 4 rings (SSSR count). The summed E-state index contributed by atoms with van der Waals surface area (Å²) in [5.74, 6) is 2.46. The number of nitrogens with two attached hydrogens (primary N) is 1. The standard InChI is InChI=1S/C9H13N3O.C5H5N.C4H5NS.C2H6/c1-6-11-8(10)4-9(12-6)13-5-7-2-3-7;1-2-4-6-5-3-1;1-4-2-3-5-6-4;1-2/h4,7H,2-3,5H2,1H3,(H2,10,11,12);1-5H;2-3H,1H3;1-2H3. The quantitative estimate of drug-likeness (QED) is 0.700. The van der Waals surface area contributed by atoms with Crippen LogP contribution in [0.4, 0.5) is 5.82 Å². The zero-order chi connectivity index (χ0) is 19.9. The van der Waals surface area contributed by atoms with Gasteiger partial charge in [0.05, 0.1) is 6.61 Å². The maximum absolute atomic E-state index is 5.55. The lowest BCUT2D eigenvalue weighted by atomic mass is 10.4. The Balaban J connectivity index is 0.000000218. The van der Waals surface area contributed by atoms with Crippen molar-refractivity contribution < 1.29 is 4.74 Å². The molecular formula is C20H29N5OS. The third-order valence-electron chi connectivity index (χ3n) is 3.13. The number of pyridine rings is 1. The van der Waals surface area contributed by atoms with Crippen molar-refractivity contribution in [2.75, 3.05) is 12.3 Å². The number of nitrogens with zero attached hydrogens (tertiary/aromatic N) is 4. The SMILES string of the molecule is CC.Cc1ccns1.Cc1nc(N)cc(OCC2CC2)n1.c1ccncc1. The van der Waals surface area contributed by atoms with Gasteiger partial charge in [-0.1, -0.05) is 19.9 Å². The summed E-state index contributed by atoms with van der Waals surface area (Å²) < 4.78 is 9.32. The van der Waals surface area contributed by atoms with E-state index in [0.29, 0.717) is 17.5 Å². The summed E-state index contributed by atoms with van der Waals surface area (Å²) in [5.41, 5.74) is 5.55. The first-order valence-electron chi connectivity index (χ1n) is 9.09. The Labute approximate surface area is 166 Å². The minimum absolute atomic E-state index is 0.471. The molecule has 3 aromatic rings. The average molecular weight is 388 g/mol. The van der Waals surface area contributed by atoms with Crippen molar-refractivity contribution in [2.24, 2.45) is 5.92 Å². The summed E-state index contributed by atoms with van der Waals surface area (Å²) in [4.78, 5) is 13.1. The van der Waals surface area contributed by atoms with Crippen molar-refractivity contribution in [1.82, 2.24) is 19.3 Å². The summed E-state index contributed by atoms with van der Waals surface area (Å²) in [6.45, 7) is 8.61. The molecule has 1 aliphatic carbocycles. The Morgan fingerprint density at radius 3 is 2.15 bits per heavy atom. The highest BCUT2D eigenvalue weighted by atomic mass is 32.1. The van der Waals surface area contributed by atoms with E-state index >= 15 is 0 Å².